The van der Waals surface area contributed by atoms with Crippen LogP contribution in [0.5, 0.6) is 5.75 Å². The molecule has 112 valence electrons. The maximum absolute atomic E-state index is 13.6. The molecule has 0 saturated carbocycles. The quantitative estimate of drug-likeness (QED) is 0.650. The first-order valence-corrected chi connectivity index (χ1v) is 7.33. The lowest BCUT2D eigenvalue weighted by atomic mass is 9.95. The predicted molar refractivity (Wildman–Crippen MR) is 85.7 cm³/mol. The summed E-state index contributed by atoms with van der Waals surface area (Å²) in [5.41, 5.74) is 6.57. The lowest BCUT2D eigenvalue weighted by Gasteiger charge is -2.21. The minimum absolute atomic E-state index is 0.323. The van der Waals surface area contributed by atoms with E-state index in [0.29, 0.717) is 11.3 Å². The summed E-state index contributed by atoms with van der Waals surface area (Å²) >= 11 is 3.54. The Morgan fingerprint density at radius 2 is 1.81 bits per heavy atom. The molecule has 0 fully saturated rings. The fourth-order valence-electron chi connectivity index (χ4n) is 2.44. The van der Waals surface area contributed by atoms with Crippen molar-refractivity contribution in [3.63, 3.8) is 0 Å². The molecule has 0 aliphatic heterocycles. The predicted octanol–water partition coefficient (Wildman–Crippen LogP) is 3.77. The van der Waals surface area contributed by atoms with Crippen LogP contribution in [0.4, 0.5) is 4.39 Å². The SMILES string of the molecule is COc1ccc(F)cc1C(NN)c1cc(C)c(Br)c(C)c1. The van der Waals surface area contributed by atoms with Gasteiger partial charge in [0.05, 0.1) is 13.2 Å². The van der Waals surface area contributed by atoms with Gasteiger partial charge < -0.3 is 4.74 Å². The largest absolute Gasteiger partial charge is 0.496 e. The molecule has 0 aromatic heterocycles. The molecule has 0 saturated heterocycles. The highest BCUT2D eigenvalue weighted by molar-refractivity contribution is 9.10. The molecule has 0 bridgehead atoms. The fourth-order valence-corrected chi connectivity index (χ4v) is 2.67. The topological polar surface area (TPSA) is 47.3 Å². The Morgan fingerprint density at radius 3 is 2.33 bits per heavy atom. The molecule has 0 aliphatic carbocycles. The summed E-state index contributed by atoms with van der Waals surface area (Å²) in [7, 11) is 1.56. The van der Waals surface area contributed by atoms with Crippen molar-refractivity contribution in [2.45, 2.75) is 19.9 Å². The summed E-state index contributed by atoms with van der Waals surface area (Å²) in [6.07, 6.45) is 0. The van der Waals surface area contributed by atoms with Crippen molar-refractivity contribution < 1.29 is 9.13 Å². The number of hydrogen-bond acceptors (Lipinski definition) is 3. The van der Waals surface area contributed by atoms with Crippen LogP contribution in [0, 0.1) is 19.7 Å². The lowest BCUT2D eigenvalue weighted by molar-refractivity contribution is 0.402. The standard InChI is InChI=1S/C16H18BrFN2O/c1-9-6-11(7-10(2)15(9)17)16(20-19)13-8-12(18)4-5-14(13)21-3/h4-8,16,20H,19H2,1-3H3. The van der Waals surface area contributed by atoms with Crippen LogP contribution in [-0.4, -0.2) is 7.11 Å². The van der Waals surface area contributed by atoms with Crippen LogP contribution >= 0.6 is 15.9 Å². The van der Waals surface area contributed by atoms with Crippen molar-refractivity contribution in [1.29, 1.82) is 0 Å². The summed E-state index contributed by atoms with van der Waals surface area (Å²) < 4.78 is 20.0. The van der Waals surface area contributed by atoms with Crippen LogP contribution in [0.1, 0.15) is 28.3 Å². The Morgan fingerprint density at radius 1 is 1.19 bits per heavy atom. The number of rotatable bonds is 4. The Hall–Kier alpha value is -1.43. The number of nitrogens with two attached hydrogens (primary N) is 1. The van der Waals surface area contributed by atoms with Gasteiger partial charge in [0.25, 0.3) is 0 Å². The number of hydrogen-bond donors (Lipinski definition) is 2. The van der Waals surface area contributed by atoms with Crippen LogP contribution < -0.4 is 16.0 Å². The third-order valence-corrected chi connectivity index (χ3v) is 4.71. The van der Waals surface area contributed by atoms with E-state index in [1.165, 1.54) is 12.1 Å². The minimum Gasteiger partial charge on any atom is -0.496 e. The van der Waals surface area contributed by atoms with E-state index >= 15 is 0 Å². The first-order chi connectivity index (χ1) is 9.97. The van der Waals surface area contributed by atoms with Gasteiger partial charge in [-0.2, -0.15) is 0 Å². The van der Waals surface area contributed by atoms with Crippen molar-refractivity contribution >= 4 is 15.9 Å². The number of benzene rings is 2. The van der Waals surface area contributed by atoms with Crippen LogP contribution in [0.2, 0.25) is 0 Å². The highest BCUT2D eigenvalue weighted by atomic mass is 79.9. The number of methoxy groups -OCH3 is 1. The van der Waals surface area contributed by atoms with Gasteiger partial charge in [0.15, 0.2) is 0 Å². The molecule has 1 atom stereocenters. The fraction of sp³-hybridized carbons (Fsp3) is 0.250. The smallest absolute Gasteiger partial charge is 0.124 e. The highest BCUT2D eigenvalue weighted by Crippen LogP contribution is 2.33. The van der Waals surface area contributed by atoms with Gasteiger partial charge in [0.2, 0.25) is 0 Å². The minimum atomic E-state index is -0.346. The van der Waals surface area contributed by atoms with Gasteiger partial charge >= 0.3 is 0 Å². The Bertz CT molecular complexity index is 638. The third kappa shape index (κ3) is 3.26. The molecule has 0 amide bonds. The van der Waals surface area contributed by atoms with Gasteiger partial charge in [-0.3, -0.25) is 5.84 Å². The van der Waals surface area contributed by atoms with Gasteiger partial charge in [0, 0.05) is 10.0 Å². The van der Waals surface area contributed by atoms with E-state index < -0.39 is 0 Å². The van der Waals surface area contributed by atoms with E-state index in [4.69, 9.17) is 10.6 Å². The summed E-state index contributed by atoms with van der Waals surface area (Å²) in [5, 5.41) is 0. The molecule has 0 radical (unpaired) electrons. The maximum Gasteiger partial charge on any atom is 0.124 e. The monoisotopic (exact) mass is 352 g/mol. The van der Waals surface area contributed by atoms with Crippen LogP contribution in [0.15, 0.2) is 34.8 Å². The Kier molecular flexibility index (Phi) is 4.98. The molecule has 2 rings (SSSR count). The summed E-state index contributed by atoms with van der Waals surface area (Å²) in [4.78, 5) is 0. The Labute approximate surface area is 132 Å². The van der Waals surface area contributed by atoms with Gasteiger partial charge in [-0.1, -0.05) is 28.1 Å². The zero-order valence-electron chi connectivity index (χ0n) is 12.2. The lowest BCUT2D eigenvalue weighted by Crippen LogP contribution is -2.29. The average Bonchev–Trinajstić information content (AvgIpc) is 2.46. The molecule has 3 N–H and O–H groups in total. The summed E-state index contributed by atoms with van der Waals surface area (Å²) in [6.45, 7) is 4.02. The third-order valence-electron chi connectivity index (χ3n) is 3.46. The highest BCUT2D eigenvalue weighted by Gasteiger charge is 2.19. The van der Waals surface area contributed by atoms with Crippen LogP contribution in [0.3, 0.4) is 0 Å². The molecule has 2 aromatic rings. The van der Waals surface area contributed by atoms with Crippen molar-refractivity contribution in [1.82, 2.24) is 5.43 Å². The molecular weight excluding hydrogens is 335 g/mol. The molecule has 0 spiro atoms. The van der Waals surface area contributed by atoms with Gasteiger partial charge in [0.1, 0.15) is 11.6 Å². The molecule has 0 aliphatic rings. The Balaban J connectivity index is 2.57. The van der Waals surface area contributed by atoms with E-state index in [2.05, 4.69) is 21.4 Å². The molecule has 1 unspecified atom stereocenters. The van der Waals surface area contributed by atoms with Crippen LogP contribution in [-0.2, 0) is 0 Å². The molecule has 3 nitrogen and oxygen atoms in total. The first-order valence-electron chi connectivity index (χ1n) is 6.54. The summed E-state index contributed by atoms with van der Waals surface area (Å²) in [6, 6.07) is 8.11. The summed E-state index contributed by atoms with van der Waals surface area (Å²) in [5.74, 6) is 5.98. The number of halogens is 2. The van der Waals surface area contributed by atoms with Gasteiger partial charge in [-0.05, 0) is 48.7 Å². The van der Waals surface area contributed by atoms with E-state index in [1.807, 2.05) is 26.0 Å². The second kappa shape index (κ2) is 6.56. The normalized spacial score (nSPS) is 12.3. The van der Waals surface area contributed by atoms with Crippen LogP contribution in [0.25, 0.3) is 0 Å². The van der Waals surface area contributed by atoms with E-state index in [9.17, 15) is 4.39 Å². The van der Waals surface area contributed by atoms with Crippen molar-refractivity contribution in [3.05, 3.63) is 62.9 Å². The molecule has 5 heteroatoms. The number of aryl methyl sites for hydroxylation is 2. The molecule has 21 heavy (non-hydrogen) atoms. The number of nitrogens with one attached hydrogen (secondary N) is 1. The zero-order chi connectivity index (χ0) is 15.6. The zero-order valence-corrected chi connectivity index (χ0v) is 13.8. The molecular formula is C16H18BrFN2O. The van der Waals surface area contributed by atoms with Gasteiger partial charge in [-0.15, -0.1) is 0 Å². The van der Waals surface area contributed by atoms with E-state index in [0.717, 1.165) is 21.2 Å². The average molecular weight is 353 g/mol. The number of hydrazine groups is 1. The van der Waals surface area contributed by atoms with Gasteiger partial charge in [-0.25, -0.2) is 9.82 Å². The van der Waals surface area contributed by atoms with E-state index in [1.54, 1.807) is 13.2 Å². The van der Waals surface area contributed by atoms with Crippen molar-refractivity contribution in [2.24, 2.45) is 5.84 Å². The second-order valence-electron chi connectivity index (χ2n) is 4.95. The van der Waals surface area contributed by atoms with Crippen molar-refractivity contribution in [2.75, 3.05) is 7.11 Å². The number of ether oxygens (including phenoxy) is 1. The first kappa shape index (κ1) is 15.9. The second-order valence-corrected chi connectivity index (χ2v) is 5.75. The molecule has 2 aromatic carbocycles. The van der Waals surface area contributed by atoms with E-state index in [-0.39, 0.29) is 11.9 Å². The van der Waals surface area contributed by atoms with Crippen molar-refractivity contribution in [3.8, 4) is 5.75 Å². The molecule has 0 heterocycles. The maximum atomic E-state index is 13.6.